The Morgan fingerprint density at radius 3 is 2.76 bits per heavy atom. The number of halogens is 1. The molecule has 25 heavy (non-hydrogen) atoms. The van der Waals surface area contributed by atoms with Gasteiger partial charge < -0.3 is 5.32 Å². The molecule has 130 valence electrons. The Morgan fingerprint density at radius 1 is 1.28 bits per heavy atom. The molecule has 0 radical (unpaired) electrons. The van der Waals surface area contributed by atoms with Crippen molar-refractivity contribution in [2.24, 2.45) is 0 Å². The monoisotopic (exact) mass is 343 g/mol. The van der Waals surface area contributed by atoms with E-state index in [-0.39, 0.29) is 30.2 Å². The van der Waals surface area contributed by atoms with Crippen molar-refractivity contribution in [2.45, 2.75) is 26.3 Å². The van der Waals surface area contributed by atoms with Crippen LogP contribution in [0.4, 0.5) is 4.39 Å². The van der Waals surface area contributed by atoms with E-state index in [4.69, 9.17) is 0 Å². The topological polar surface area (TPSA) is 81.8 Å². The van der Waals surface area contributed by atoms with E-state index in [0.717, 1.165) is 6.42 Å². The minimum atomic E-state index is -0.350. The smallest absolute Gasteiger partial charge is 0.264 e. The summed E-state index contributed by atoms with van der Waals surface area (Å²) >= 11 is 0. The van der Waals surface area contributed by atoms with Gasteiger partial charge >= 0.3 is 0 Å². The van der Waals surface area contributed by atoms with Crippen LogP contribution in [0.25, 0.3) is 16.7 Å². The number of benzene rings is 1. The van der Waals surface area contributed by atoms with E-state index in [1.54, 1.807) is 12.1 Å². The number of hydrogen-bond acceptors (Lipinski definition) is 4. The van der Waals surface area contributed by atoms with Gasteiger partial charge in [-0.05, 0) is 30.7 Å². The molecule has 1 aromatic carbocycles. The second-order valence-electron chi connectivity index (χ2n) is 5.61. The molecule has 0 saturated carbocycles. The van der Waals surface area contributed by atoms with Crippen molar-refractivity contribution in [2.75, 3.05) is 6.54 Å². The van der Waals surface area contributed by atoms with Gasteiger partial charge in [0.1, 0.15) is 11.2 Å². The van der Waals surface area contributed by atoms with E-state index in [1.165, 1.54) is 33.9 Å². The Bertz CT molecular complexity index is 946. The number of nitrogens with one attached hydrogen (secondary N) is 1. The highest BCUT2D eigenvalue weighted by Gasteiger charge is 2.12. The largest absolute Gasteiger partial charge is 0.356 e. The second kappa shape index (κ2) is 7.25. The van der Waals surface area contributed by atoms with E-state index >= 15 is 0 Å². The lowest BCUT2D eigenvalue weighted by atomic mass is 10.3. The molecule has 2 aromatic heterocycles. The third kappa shape index (κ3) is 3.57. The van der Waals surface area contributed by atoms with Crippen molar-refractivity contribution < 1.29 is 9.18 Å². The van der Waals surface area contributed by atoms with Gasteiger partial charge in [0.25, 0.3) is 5.56 Å². The molecule has 2 heterocycles. The number of rotatable bonds is 6. The van der Waals surface area contributed by atoms with Crippen LogP contribution >= 0.6 is 0 Å². The molecule has 0 bridgehead atoms. The van der Waals surface area contributed by atoms with Gasteiger partial charge in [-0.2, -0.15) is 5.10 Å². The summed E-state index contributed by atoms with van der Waals surface area (Å²) in [6, 6.07) is 5.76. The molecule has 0 unspecified atom stereocenters. The standard InChI is InChI=1S/C17H18FN5O2/c1-2-8-19-15(24)7-9-22-11-20-16-14(17(22)25)10-21-23(16)13-5-3-12(18)4-6-13/h3-6,10-11H,2,7-9H2,1H3,(H,19,24). The molecule has 1 N–H and O–H groups in total. The van der Waals surface area contributed by atoms with Crippen molar-refractivity contribution in [3.8, 4) is 5.69 Å². The summed E-state index contributed by atoms with van der Waals surface area (Å²) in [7, 11) is 0. The molecule has 1 amide bonds. The predicted octanol–water partition coefficient (Wildman–Crippen LogP) is 1.64. The summed E-state index contributed by atoms with van der Waals surface area (Å²) in [6.07, 6.45) is 3.90. The zero-order chi connectivity index (χ0) is 17.8. The molecule has 0 aliphatic carbocycles. The number of aromatic nitrogens is 4. The van der Waals surface area contributed by atoms with Gasteiger partial charge in [-0.1, -0.05) is 6.92 Å². The van der Waals surface area contributed by atoms with Crippen LogP contribution in [0.15, 0.2) is 41.6 Å². The fourth-order valence-corrected chi connectivity index (χ4v) is 2.45. The summed E-state index contributed by atoms with van der Waals surface area (Å²) in [6.45, 7) is 2.84. The van der Waals surface area contributed by atoms with Gasteiger partial charge in [0.15, 0.2) is 5.65 Å². The third-order valence-corrected chi connectivity index (χ3v) is 3.78. The van der Waals surface area contributed by atoms with E-state index in [1.807, 2.05) is 6.92 Å². The number of hydrogen-bond donors (Lipinski definition) is 1. The molecular weight excluding hydrogens is 325 g/mol. The van der Waals surface area contributed by atoms with Crippen molar-refractivity contribution in [1.29, 1.82) is 0 Å². The van der Waals surface area contributed by atoms with Gasteiger partial charge in [-0.15, -0.1) is 0 Å². The van der Waals surface area contributed by atoms with E-state index in [2.05, 4.69) is 15.4 Å². The fourth-order valence-electron chi connectivity index (χ4n) is 2.45. The molecule has 0 atom stereocenters. The molecule has 3 aromatic rings. The maximum atomic E-state index is 13.1. The maximum absolute atomic E-state index is 13.1. The number of amides is 1. The Hall–Kier alpha value is -3.03. The Labute approximate surface area is 143 Å². The number of carbonyl (C=O) groups excluding carboxylic acids is 1. The fraction of sp³-hybridized carbons (Fsp3) is 0.294. The zero-order valence-electron chi connectivity index (χ0n) is 13.8. The molecule has 8 heteroatoms. The van der Waals surface area contributed by atoms with E-state index in [0.29, 0.717) is 23.3 Å². The van der Waals surface area contributed by atoms with Crippen LogP contribution in [0, 0.1) is 5.82 Å². The number of aryl methyl sites for hydroxylation is 1. The molecule has 0 fully saturated rings. The normalized spacial score (nSPS) is 11.0. The SMILES string of the molecule is CCCNC(=O)CCn1cnc2c(cnn2-c2ccc(F)cc2)c1=O. The lowest BCUT2D eigenvalue weighted by molar-refractivity contribution is -0.121. The van der Waals surface area contributed by atoms with Crippen LogP contribution in [-0.4, -0.2) is 31.8 Å². The number of fused-ring (bicyclic) bond motifs is 1. The minimum Gasteiger partial charge on any atom is -0.356 e. The summed E-state index contributed by atoms with van der Waals surface area (Å²) in [5.41, 5.74) is 0.741. The first-order valence-electron chi connectivity index (χ1n) is 8.06. The molecule has 0 aliphatic rings. The van der Waals surface area contributed by atoms with Crippen LogP contribution in [0.3, 0.4) is 0 Å². The van der Waals surface area contributed by atoms with E-state index in [9.17, 15) is 14.0 Å². The molecule has 7 nitrogen and oxygen atoms in total. The van der Waals surface area contributed by atoms with Crippen molar-refractivity contribution in [3.05, 3.63) is 53.0 Å². The quantitative estimate of drug-likeness (QED) is 0.738. The predicted molar refractivity (Wildman–Crippen MR) is 91.0 cm³/mol. The van der Waals surface area contributed by atoms with Crippen LogP contribution < -0.4 is 10.9 Å². The second-order valence-corrected chi connectivity index (χ2v) is 5.61. The van der Waals surface area contributed by atoms with Crippen LogP contribution in [0.2, 0.25) is 0 Å². The minimum absolute atomic E-state index is 0.101. The van der Waals surface area contributed by atoms with Crippen LogP contribution in [0.5, 0.6) is 0 Å². The highest BCUT2D eigenvalue weighted by atomic mass is 19.1. The molecular formula is C17H18FN5O2. The summed E-state index contributed by atoms with van der Waals surface area (Å²) < 4.78 is 15.9. The van der Waals surface area contributed by atoms with Gasteiger partial charge in [0.05, 0.1) is 18.2 Å². The number of nitrogens with zero attached hydrogens (tertiary/aromatic N) is 4. The maximum Gasteiger partial charge on any atom is 0.264 e. The highest BCUT2D eigenvalue weighted by molar-refractivity contribution is 5.76. The number of carbonyl (C=O) groups is 1. The Balaban J connectivity index is 1.85. The van der Waals surface area contributed by atoms with Gasteiger partial charge in [0, 0.05) is 19.5 Å². The molecule has 0 saturated heterocycles. The van der Waals surface area contributed by atoms with Crippen molar-refractivity contribution in [3.63, 3.8) is 0 Å². The van der Waals surface area contributed by atoms with Gasteiger partial charge in [-0.3, -0.25) is 14.2 Å². The highest BCUT2D eigenvalue weighted by Crippen LogP contribution is 2.14. The average molecular weight is 343 g/mol. The van der Waals surface area contributed by atoms with Gasteiger partial charge in [0.2, 0.25) is 5.91 Å². The lowest BCUT2D eigenvalue weighted by Gasteiger charge is -2.07. The van der Waals surface area contributed by atoms with Crippen LogP contribution in [-0.2, 0) is 11.3 Å². The Kier molecular flexibility index (Phi) is 4.87. The van der Waals surface area contributed by atoms with Crippen molar-refractivity contribution in [1.82, 2.24) is 24.6 Å². The first-order valence-corrected chi connectivity index (χ1v) is 8.06. The van der Waals surface area contributed by atoms with Crippen LogP contribution in [0.1, 0.15) is 19.8 Å². The Morgan fingerprint density at radius 2 is 2.04 bits per heavy atom. The molecule has 3 rings (SSSR count). The summed E-state index contributed by atoms with van der Waals surface area (Å²) in [5, 5.41) is 7.29. The zero-order valence-corrected chi connectivity index (χ0v) is 13.8. The first kappa shape index (κ1) is 16.8. The summed E-state index contributed by atoms with van der Waals surface area (Å²) in [4.78, 5) is 28.5. The average Bonchev–Trinajstić information content (AvgIpc) is 3.05. The molecule has 0 spiro atoms. The lowest BCUT2D eigenvalue weighted by Crippen LogP contribution is -2.28. The van der Waals surface area contributed by atoms with Gasteiger partial charge in [-0.25, -0.2) is 14.1 Å². The first-order chi connectivity index (χ1) is 12.1. The summed E-state index contributed by atoms with van der Waals surface area (Å²) in [5.74, 6) is -0.451. The van der Waals surface area contributed by atoms with Crippen molar-refractivity contribution >= 4 is 16.9 Å². The molecule has 0 aliphatic heterocycles. The third-order valence-electron chi connectivity index (χ3n) is 3.78. The van der Waals surface area contributed by atoms with E-state index < -0.39 is 0 Å².